The Bertz CT molecular complexity index is 125. The van der Waals surface area contributed by atoms with Crippen molar-refractivity contribution in [3.8, 4) is 0 Å². The molecule has 0 saturated carbocycles. The van der Waals surface area contributed by atoms with Gasteiger partial charge in [0.05, 0.1) is 0 Å². The highest BCUT2D eigenvalue weighted by molar-refractivity contribution is 6.46. The summed E-state index contributed by atoms with van der Waals surface area (Å²) in [5, 5.41) is 0. The molecule has 0 radical (unpaired) electrons. The van der Waals surface area contributed by atoms with E-state index < -0.39 is 9.28 Å². The van der Waals surface area contributed by atoms with Gasteiger partial charge < -0.3 is 8.85 Å². The average molecular weight is 176 g/mol. The van der Waals surface area contributed by atoms with Crippen LogP contribution in [0.4, 0.5) is 0 Å². The van der Waals surface area contributed by atoms with Crippen molar-refractivity contribution in [3.05, 3.63) is 0 Å². The van der Waals surface area contributed by atoms with Gasteiger partial charge in [-0.25, -0.2) is 0 Å². The van der Waals surface area contributed by atoms with E-state index in [9.17, 15) is 4.79 Å². The Balaban J connectivity index is 3.66. The number of carbonyl (C=O) groups excluding carboxylic acids is 1. The Labute approximate surface area is 69.5 Å². The molecule has 0 amide bonds. The summed E-state index contributed by atoms with van der Waals surface area (Å²) in [4.78, 5) is 10.5. The first-order valence-corrected chi connectivity index (χ1v) is 5.64. The second-order valence-electron chi connectivity index (χ2n) is 2.63. The molecule has 0 bridgehead atoms. The van der Waals surface area contributed by atoms with Crippen LogP contribution in [0, 0.1) is 0 Å². The molecule has 0 aliphatic rings. The lowest BCUT2D eigenvalue weighted by atomic mass is 10.5. The lowest BCUT2D eigenvalue weighted by Gasteiger charge is -2.16. The highest BCUT2D eigenvalue weighted by Crippen LogP contribution is 2.00. The monoisotopic (exact) mass is 176 g/mol. The standard InChI is InChI=1S/C7H16O3Si/c1-5-11(9-6(2)3)10-7(4)8/h6,11H,5H2,1-4H3. The van der Waals surface area contributed by atoms with Crippen molar-refractivity contribution in [2.45, 2.75) is 39.8 Å². The molecule has 4 heteroatoms. The van der Waals surface area contributed by atoms with Crippen LogP contribution in [0.25, 0.3) is 0 Å². The van der Waals surface area contributed by atoms with Crippen molar-refractivity contribution in [1.82, 2.24) is 0 Å². The molecule has 0 aromatic rings. The minimum Gasteiger partial charge on any atom is -0.497 e. The van der Waals surface area contributed by atoms with Crippen LogP contribution in [0.15, 0.2) is 0 Å². The molecule has 0 rings (SSSR count). The summed E-state index contributed by atoms with van der Waals surface area (Å²) in [5.41, 5.74) is 0. The average Bonchev–Trinajstić information content (AvgIpc) is 1.84. The number of hydrogen-bond donors (Lipinski definition) is 0. The molecule has 0 aromatic heterocycles. The fourth-order valence-corrected chi connectivity index (χ4v) is 2.09. The second kappa shape index (κ2) is 5.32. The third-order valence-corrected chi connectivity index (χ3v) is 3.16. The predicted molar refractivity (Wildman–Crippen MR) is 45.6 cm³/mol. The van der Waals surface area contributed by atoms with Crippen LogP contribution >= 0.6 is 0 Å². The summed E-state index contributed by atoms with van der Waals surface area (Å²) >= 11 is 0. The quantitative estimate of drug-likeness (QED) is 0.604. The smallest absolute Gasteiger partial charge is 0.385 e. The molecular formula is C7H16O3Si. The Hall–Kier alpha value is -0.353. The molecule has 0 spiro atoms. The fourth-order valence-electron chi connectivity index (χ4n) is 0.696. The van der Waals surface area contributed by atoms with Crippen molar-refractivity contribution < 1.29 is 13.6 Å². The van der Waals surface area contributed by atoms with Gasteiger partial charge in [0.2, 0.25) is 0 Å². The number of rotatable bonds is 4. The second-order valence-corrected chi connectivity index (χ2v) is 4.82. The molecule has 0 heterocycles. The van der Waals surface area contributed by atoms with E-state index in [0.717, 1.165) is 6.04 Å². The van der Waals surface area contributed by atoms with E-state index >= 15 is 0 Å². The number of hydrogen-bond acceptors (Lipinski definition) is 3. The zero-order valence-corrected chi connectivity index (χ0v) is 8.74. The first kappa shape index (κ1) is 10.6. The van der Waals surface area contributed by atoms with Crippen LogP contribution in [0.5, 0.6) is 0 Å². The summed E-state index contributed by atoms with van der Waals surface area (Å²) in [6.07, 6.45) is 0.158. The van der Waals surface area contributed by atoms with Gasteiger partial charge in [0.1, 0.15) is 0 Å². The number of carbonyl (C=O) groups is 1. The lowest BCUT2D eigenvalue weighted by Crippen LogP contribution is -2.27. The maximum atomic E-state index is 10.5. The van der Waals surface area contributed by atoms with E-state index in [-0.39, 0.29) is 12.1 Å². The first-order chi connectivity index (χ1) is 5.06. The third kappa shape index (κ3) is 6.06. The van der Waals surface area contributed by atoms with E-state index in [2.05, 4.69) is 0 Å². The van der Waals surface area contributed by atoms with Crippen LogP contribution in [-0.2, 0) is 13.6 Å². The summed E-state index contributed by atoms with van der Waals surface area (Å²) in [6, 6.07) is 0.831. The molecular weight excluding hydrogens is 160 g/mol. The predicted octanol–water partition coefficient (Wildman–Crippen LogP) is 1.21. The minimum atomic E-state index is -1.68. The molecule has 3 nitrogen and oxygen atoms in total. The molecule has 0 saturated heterocycles. The van der Waals surface area contributed by atoms with Gasteiger partial charge in [-0.1, -0.05) is 6.92 Å². The first-order valence-electron chi connectivity index (χ1n) is 3.89. The highest BCUT2D eigenvalue weighted by atomic mass is 28.3. The minimum absolute atomic E-state index is 0.158. The molecule has 0 N–H and O–H groups in total. The molecule has 1 unspecified atom stereocenters. The van der Waals surface area contributed by atoms with Gasteiger partial charge in [0.25, 0.3) is 5.97 Å². The van der Waals surface area contributed by atoms with Crippen LogP contribution in [-0.4, -0.2) is 21.4 Å². The van der Waals surface area contributed by atoms with Gasteiger partial charge in [0, 0.05) is 13.0 Å². The van der Waals surface area contributed by atoms with Gasteiger partial charge in [-0.15, -0.1) is 0 Å². The third-order valence-electron chi connectivity index (χ3n) is 1.05. The van der Waals surface area contributed by atoms with E-state index in [1.54, 1.807) is 0 Å². The molecule has 0 aromatic carbocycles. The molecule has 11 heavy (non-hydrogen) atoms. The topological polar surface area (TPSA) is 35.5 Å². The molecule has 1 atom stereocenters. The van der Waals surface area contributed by atoms with E-state index in [4.69, 9.17) is 8.85 Å². The van der Waals surface area contributed by atoms with Gasteiger partial charge >= 0.3 is 9.28 Å². The van der Waals surface area contributed by atoms with E-state index in [0.29, 0.717) is 0 Å². The van der Waals surface area contributed by atoms with E-state index in [1.165, 1.54) is 6.92 Å². The fraction of sp³-hybridized carbons (Fsp3) is 0.857. The largest absolute Gasteiger partial charge is 0.497 e. The summed E-state index contributed by atoms with van der Waals surface area (Å²) in [7, 11) is -1.68. The van der Waals surface area contributed by atoms with Crippen molar-refractivity contribution in [2.24, 2.45) is 0 Å². The van der Waals surface area contributed by atoms with Crippen LogP contribution in [0.3, 0.4) is 0 Å². The Morgan fingerprint density at radius 3 is 2.36 bits per heavy atom. The molecule has 0 aliphatic carbocycles. The van der Waals surface area contributed by atoms with E-state index in [1.807, 2.05) is 20.8 Å². The van der Waals surface area contributed by atoms with Gasteiger partial charge in [-0.05, 0) is 19.9 Å². The van der Waals surface area contributed by atoms with Gasteiger partial charge in [-0.3, -0.25) is 4.79 Å². The molecule has 0 aliphatic heterocycles. The summed E-state index contributed by atoms with van der Waals surface area (Å²) < 4.78 is 10.4. The maximum Gasteiger partial charge on any atom is 0.385 e. The summed E-state index contributed by atoms with van der Waals surface area (Å²) in [6.45, 7) is 7.28. The zero-order valence-electron chi connectivity index (χ0n) is 7.59. The summed E-state index contributed by atoms with van der Waals surface area (Å²) in [5.74, 6) is -0.232. The van der Waals surface area contributed by atoms with Crippen molar-refractivity contribution >= 4 is 15.3 Å². The lowest BCUT2D eigenvalue weighted by molar-refractivity contribution is -0.133. The Kier molecular flexibility index (Phi) is 5.15. The van der Waals surface area contributed by atoms with Crippen molar-refractivity contribution in [3.63, 3.8) is 0 Å². The Morgan fingerprint density at radius 1 is 1.55 bits per heavy atom. The zero-order chi connectivity index (χ0) is 8.85. The van der Waals surface area contributed by atoms with Crippen LogP contribution in [0.2, 0.25) is 6.04 Å². The molecule has 0 fully saturated rings. The van der Waals surface area contributed by atoms with Gasteiger partial charge in [0.15, 0.2) is 0 Å². The van der Waals surface area contributed by atoms with Crippen LogP contribution in [0.1, 0.15) is 27.7 Å². The van der Waals surface area contributed by atoms with Crippen LogP contribution < -0.4 is 0 Å². The highest BCUT2D eigenvalue weighted by Gasteiger charge is 2.14. The molecule has 66 valence electrons. The normalized spacial score (nSPS) is 13.2. The van der Waals surface area contributed by atoms with Gasteiger partial charge in [-0.2, -0.15) is 0 Å². The maximum absolute atomic E-state index is 10.5. The Morgan fingerprint density at radius 2 is 2.09 bits per heavy atom. The van der Waals surface area contributed by atoms with Crippen molar-refractivity contribution in [1.29, 1.82) is 0 Å². The van der Waals surface area contributed by atoms with Crippen molar-refractivity contribution in [2.75, 3.05) is 0 Å². The SMILES string of the molecule is CC[SiH](OC(C)=O)OC(C)C.